The molecule has 0 spiro atoms. The summed E-state index contributed by atoms with van der Waals surface area (Å²) in [7, 11) is -0.744. The zero-order valence-electron chi connectivity index (χ0n) is 7.75. The molecule has 1 unspecified atom stereocenters. The van der Waals surface area contributed by atoms with Crippen LogP contribution in [-0.4, -0.2) is 40.8 Å². The zero-order valence-corrected chi connectivity index (χ0v) is 8.56. The van der Waals surface area contributed by atoms with Gasteiger partial charge in [0.2, 0.25) is 0 Å². The monoisotopic (exact) mass is 188 g/mol. The topological polar surface area (TPSA) is 44.1 Å². The number of nitriles is 1. The Hall–Kier alpha value is -0.400. The van der Waals surface area contributed by atoms with Gasteiger partial charge in [0.1, 0.15) is 0 Å². The molecule has 0 rings (SSSR count). The molecule has 0 bridgehead atoms. The van der Waals surface area contributed by atoms with Crippen LogP contribution in [0, 0.1) is 11.3 Å². The van der Waals surface area contributed by atoms with Crippen molar-refractivity contribution in [3.05, 3.63) is 0 Å². The molecule has 70 valence electrons. The van der Waals surface area contributed by atoms with Crippen LogP contribution in [0.1, 0.15) is 13.3 Å². The normalized spacial score (nSPS) is 12.8. The van der Waals surface area contributed by atoms with E-state index in [1.807, 2.05) is 4.90 Å². The predicted octanol–water partition coefficient (Wildman–Crippen LogP) is 0.600. The fourth-order valence-corrected chi connectivity index (χ4v) is 1.46. The lowest BCUT2D eigenvalue weighted by Gasteiger charge is -2.16. The number of rotatable bonds is 6. The lowest BCUT2D eigenvalue weighted by Crippen LogP contribution is -2.29. The molecule has 0 amide bonds. The molecule has 0 fully saturated rings. The first-order valence-corrected chi connectivity index (χ1v) is 5.82. The first-order chi connectivity index (χ1) is 5.70. The third kappa shape index (κ3) is 6.32. The van der Waals surface area contributed by atoms with Gasteiger partial charge in [-0.25, -0.2) is 0 Å². The van der Waals surface area contributed by atoms with Gasteiger partial charge in [0.05, 0.1) is 12.6 Å². The predicted molar refractivity (Wildman–Crippen MR) is 51.3 cm³/mol. The highest BCUT2D eigenvalue weighted by atomic mass is 32.2. The van der Waals surface area contributed by atoms with Gasteiger partial charge in [-0.1, -0.05) is 6.92 Å². The van der Waals surface area contributed by atoms with Crippen molar-refractivity contribution < 1.29 is 4.21 Å². The summed E-state index contributed by atoms with van der Waals surface area (Å²) in [4.78, 5) is 2.03. The molecule has 0 heterocycles. The van der Waals surface area contributed by atoms with Crippen molar-refractivity contribution in [2.45, 2.75) is 13.3 Å². The molecule has 0 aromatic carbocycles. The van der Waals surface area contributed by atoms with E-state index in [-0.39, 0.29) is 0 Å². The molecule has 0 aliphatic heterocycles. The number of nitrogens with zero attached hydrogens (tertiary/aromatic N) is 2. The van der Waals surface area contributed by atoms with Crippen molar-refractivity contribution in [3.63, 3.8) is 0 Å². The molecule has 1 atom stereocenters. The van der Waals surface area contributed by atoms with Crippen LogP contribution in [0.5, 0.6) is 0 Å². The van der Waals surface area contributed by atoms with E-state index in [9.17, 15) is 4.21 Å². The van der Waals surface area contributed by atoms with Crippen LogP contribution < -0.4 is 0 Å². The van der Waals surface area contributed by atoms with Crippen LogP contribution >= 0.6 is 0 Å². The Balaban J connectivity index is 3.64. The van der Waals surface area contributed by atoms with Crippen molar-refractivity contribution in [3.8, 4) is 6.07 Å². The average molecular weight is 188 g/mol. The molecule has 3 nitrogen and oxygen atoms in total. The van der Waals surface area contributed by atoms with Crippen LogP contribution in [0.25, 0.3) is 0 Å². The largest absolute Gasteiger partial charge is 0.290 e. The van der Waals surface area contributed by atoms with E-state index in [0.29, 0.717) is 12.3 Å². The quantitative estimate of drug-likeness (QED) is 0.573. The average Bonchev–Trinajstić information content (AvgIpc) is 2.01. The first kappa shape index (κ1) is 11.6. The Labute approximate surface area is 76.8 Å². The van der Waals surface area contributed by atoms with Gasteiger partial charge in [-0.2, -0.15) is 5.26 Å². The van der Waals surface area contributed by atoms with E-state index < -0.39 is 10.8 Å². The van der Waals surface area contributed by atoms with Gasteiger partial charge in [-0.3, -0.25) is 9.11 Å². The molecule has 0 saturated carbocycles. The summed E-state index contributed by atoms with van der Waals surface area (Å²) in [6.45, 7) is 4.22. The molecule has 0 aliphatic carbocycles. The lowest BCUT2D eigenvalue weighted by molar-refractivity contribution is 0.325. The molecule has 0 aromatic rings. The molecule has 0 aromatic heterocycles. The Morgan fingerprint density at radius 1 is 1.50 bits per heavy atom. The van der Waals surface area contributed by atoms with Gasteiger partial charge >= 0.3 is 0 Å². The van der Waals surface area contributed by atoms with Crippen LogP contribution in [0.3, 0.4) is 0 Å². The van der Waals surface area contributed by atoms with Crippen LogP contribution in [0.2, 0.25) is 0 Å². The van der Waals surface area contributed by atoms with Crippen molar-refractivity contribution in [1.82, 2.24) is 4.90 Å². The third-order valence-electron chi connectivity index (χ3n) is 1.53. The minimum atomic E-state index is -0.744. The summed E-state index contributed by atoms with van der Waals surface area (Å²) in [5.41, 5.74) is 0. The highest BCUT2D eigenvalue weighted by molar-refractivity contribution is 7.84. The molecule has 4 heteroatoms. The zero-order chi connectivity index (χ0) is 9.40. The number of hydrogen-bond acceptors (Lipinski definition) is 3. The summed E-state index contributed by atoms with van der Waals surface area (Å²) < 4.78 is 10.8. The Morgan fingerprint density at radius 2 is 2.17 bits per heavy atom. The minimum Gasteiger partial charge on any atom is -0.290 e. The van der Waals surface area contributed by atoms with E-state index in [2.05, 4.69) is 13.0 Å². The van der Waals surface area contributed by atoms with Crippen LogP contribution in [0.4, 0.5) is 0 Å². The maximum Gasteiger partial charge on any atom is 0.0866 e. The molecular weight excluding hydrogens is 172 g/mol. The molecule has 0 aliphatic rings. The smallest absolute Gasteiger partial charge is 0.0866 e. The molecule has 0 N–H and O–H groups in total. The van der Waals surface area contributed by atoms with Crippen molar-refractivity contribution in [2.75, 3.05) is 31.6 Å². The van der Waals surface area contributed by atoms with Gasteiger partial charge in [0.15, 0.2) is 0 Å². The van der Waals surface area contributed by atoms with E-state index in [0.717, 1.165) is 19.5 Å². The van der Waals surface area contributed by atoms with Crippen molar-refractivity contribution >= 4 is 10.8 Å². The molecule has 0 radical (unpaired) electrons. The lowest BCUT2D eigenvalue weighted by atomic mass is 10.4. The highest BCUT2D eigenvalue weighted by Crippen LogP contribution is 1.90. The van der Waals surface area contributed by atoms with Gasteiger partial charge in [0.25, 0.3) is 0 Å². The Morgan fingerprint density at radius 3 is 2.58 bits per heavy atom. The van der Waals surface area contributed by atoms with Crippen molar-refractivity contribution in [2.24, 2.45) is 0 Å². The standard InChI is InChI=1S/C8H16N2OS/c1-3-5-10(6-4-9)7-8-12(2)11/h3,5-8H2,1-2H3. The van der Waals surface area contributed by atoms with Crippen LogP contribution in [0.15, 0.2) is 0 Å². The summed E-state index contributed by atoms with van der Waals surface area (Å²) in [6.07, 6.45) is 2.73. The first-order valence-electron chi connectivity index (χ1n) is 4.10. The van der Waals surface area contributed by atoms with E-state index in [1.165, 1.54) is 0 Å². The maximum absolute atomic E-state index is 10.8. The van der Waals surface area contributed by atoms with Crippen molar-refractivity contribution in [1.29, 1.82) is 5.26 Å². The highest BCUT2D eigenvalue weighted by Gasteiger charge is 2.02. The van der Waals surface area contributed by atoms with Gasteiger partial charge in [0, 0.05) is 29.4 Å². The fourth-order valence-electron chi connectivity index (χ4n) is 0.944. The van der Waals surface area contributed by atoms with Gasteiger partial charge in [-0.05, 0) is 13.0 Å². The summed E-state index contributed by atoms with van der Waals surface area (Å²) >= 11 is 0. The Kier molecular flexibility index (Phi) is 7.02. The third-order valence-corrected chi connectivity index (χ3v) is 2.29. The van der Waals surface area contributed by atoms with E-state index in [1.54, 1.807) is 6.26 Å². The second-order valence-corrected chi connectivity index (χ2v) is 4.27. The SMILES string of the molecule is CCCN(CC#N)CCS(C)=O. The van der Waals surface area contributed by atoms with E-state index >= 15 is 0 Å². The summed E-state index contributed by atoms with van der Waals surface area (Å²) in [5, 5.41) is 8.46. The fraction of sp³-hybridized carbons (Fsp3) is 0.875. The summed E-state index contributed by atoms with van der Waals surface area (Å²) in [6, 6.07) is 2.10. The molecule has 0 saturated heterocycles. The second-order valence-electron chi connectivity index (χ2n) is 2.71. The summed E-state index contributed by atoms with van der Waals surface area (Å²) in [5.74, 6) is 0.668. The number of hydrogen-bond donors (Lipinski definition) is 0. The van der Waals surface area contributed by atoms with Gasteiger partial charge in [-0.15, -0.1) is 0 Å². The second kappa shape index (κ2) is 7.26. The minimum absolute atomic E-state index is 0.449. The van der Waals surface area contributed by atoms with Crippen LogP contribution in [-0.2, 0) is 10.8 Å². The Bertz CT molecular complexity index is 176. The molecule has 12 heavy (non-hydrogen) atoms. The molecular formula is C8H16N2OS. The maximum atomic E-state index is 10.8. The van der Waals surface area contributed by atoms with E-state index in [4.69, 9.17) is 5.26 Å². The van der Waals surface area contributed by atoms with Gasteiger partial charge < -0.3 is 0 Å².